The molecule has 0 saturated heterocycles. The summed E-state index contributed by atoms with van der Waals surface area (Å²) in [7, 11) is -0.181. The van der Waals surface area contributed by atoms with Gasteiger partial charge in [-0.05, 0) is 45.6 Å². The summed E-state index contributed by atoms with van der Waals surface area (Å²) in [5.74, 6) is -2.24. The molecule has 0 aliphatic heterocycles. The Morgan fingerprint density at radius 2 is 1.90 bits per heavy atom. The molecular weight excluding hydrogens is 288 g/mol. The predicted molar refractivity (Wildman–Crippen MR) is 73.7 cm³/mol. The van der Waals surface area contributed by atoms with E-state index in [2.05, 4.69) is 4.72 Å². The average molecular weight is 307 g/mol. The van der Waals surface area contributed by atoms with Gasteiger partial charge in [-0.1, -0.05) is 0 Å². The fraction of sp³-hybridized carbons (Fsp3) is 0.500. The molecule has 114 valence electrons. The zero-order valence-corrected chi connectivity index (χ0v) is 12.3. The number of hydrogen-bond donors (Lipinski definition) is 2. The molecule has 0 bridgehead atoms. The van der Waals surface area contributed by atoms with Crippen LogP contribution in [-0.4, -0.2) is 40.5 Å². The number of sulfonamides is 1. The maximum Gasteiger partial charge on any atom is 0.243 e. The van der Waals surface area contributed by atoms with E-state index in [0.29, 0.717) is 6.42 Å². The van der Waals surface area contributed by atoms with Crippen LogP contribution < -0.4 is 10.5 Å². The predicted octanol–water partition coefficient (Wildman–Crippen LogP) is 1.17. The summed E-state index contributed by atoms with van der Waals surface area (Å²) in [5, 5.41) is 0. The van der Waals surface area contributed by atoms with Crippen molar-refractivity contribution in [2.45, 2.75) is 17.7 Å². The number of nitrogen functional groups attached to an aromatic ring is 1. The van der Waals surface area contributed by atoms with E-state index >= 15 is 0 Å². The monoisotopic (exact) mass is 307 g/mol. The number of nitrogens with two attached hydrogens (primary N) is 1. The molecule has 0 heterocycles. The van der Waals surface area contributed by atoms with E-state index < -0.39 is 32.2 Å². The van der Waals surface area contributed by atoms with Crippen molar-refractivity contribution < 1.29 is 17.2 Å². The number of benzene rings is 1. The lowest BCUT2D eigenvalue weighted by atomic mass is 10.3. The molecule has 0 aliphatic carbocycles. The van der Waals surface area contributed by atoms with Crippen LogP contribution in [0.3, 0.4) is 0 Å². The van der Waals surface area contributed by atoms with E-state index in [1.807, 2.05) is 19.0 Å². The minimum atomic E-state index is -4.02. The van der Waals surface area contributed by atoms with E-state index in [4.69, 9.17) is 5.73 Å². The molecule has 0 unspecified atom stereocenters. The minimum absolute atomic E-state index is 0.187. The summed E-state index contributed by atoms with van der Waals surface area (Å²) >= 11 is 0. The van der Waals surface area contributed by atoms with Gasteiger partial charge < -0.3 is 10.6 Å². The summed E-state index contributed by atoms with van der Waals surface area (Å²) in [6.07, 6.45) is 1.43. The molecule has 5 nitrogen and oxygen atoms in total. The Morgan fingerprint density at radius 3 is 2.50 bits per heavy atom. The van der Waals surface area contributed by atoms with E-state index in [0.717, 1.165) is 25.1 Å². The standard InChI is InChI=1S/C12H19F2N3O2S/c1-17(2)8-4-3-7-16-20(18,19)10-6-5-9(13)12(15)11(10)14/h5-6,16H,3-4,7-8,15H2,1-2H3. The quantitative estimate of drug-likeness (QED) is 0.586. The van der Waals surface area contributed by atoms with Crippen molar-refractivity contribution in [1.82, 2.24) is 9.62 Å². The van der Waals surface area contributed by atoms with Crippen LogP contribution in [0.25, 0.3) is 0 Å². The van der Waals surface area contributed by atoms with Gasteiger partial charge in [0.25, 0.3) is 0 Å². The highest BCUT2D eigenvalue weighted by Gasteiger charge is 2.21. The number of anilines is 1. The van der Waals surface area contributed by atoms with Gasteiger partial charge in [0, 0.05) is 6.54 Å². The molecule has 0 amide bonds. The highest BCUT2D eigenvalue weighted by Crippen LogP contribution is 2.22. The number of nitrogens with zero attached hydrogens (tertiary/aromatic N) is 1. The van der Waals surface area contributed by atoms with Crippen LogP contribution in [0.5, 0.6) is 0 Å². The number of hydrogen-bond acceptors (Lipinski definition) is 4. The Labute approximate surface area is 117 Å². The Bertz CT molecular complexity index is 562. The van der Waals surface area contributed by atoms with Gasteiger partial charge in [0.2, 0.25) is 10.0 Å². The average Bonchev–Trinajstić information content (AvgIpc) is 2.34. The second-order valence-electron chi connectivity index (χ2n) is 4.68. The first-order valence-electron chi connectivity index (χ1n) is 6.13. The Hall–Kier alpha value is -1.25. The SMILES string of the molecule is CN(C)CCCCNS(=O)(=O)c1ccc(F)c(N)c1F. The van der Waals surface area contributed by atoms with Crippen molar-refractivity contribution in [3.8, 4) is 0 Å². The Kier molecular flexibility index (Phi) is 5.85. The van der Waals surface area contributed by atoms with Crippen LogP contribution in [0, 0.1) is 11.6 Å². The fourth-order valence-electron chi connectivity index (χ4n) is 1.59. The topological polar surface area (TPSA) is 75.4 Å². The number of unbranched alkanes of at least 4 members (excludes halogenated alkanes) is 1. The summed E-state index contributed by atoms with van der Waals surface area (Å²) in [5.41, 5.74) is 4.35. The van der Waals surface area contributed by atoms with Gasteiger partial charge in [0.15, 0.2) is 5.82 Å². The fourth-order valence-corrected chi connectivity index (χ4v) is 2.76. The van der Waals surface area contributed by atoms with Crippen LogP contribution in [0.15, 0.2) is 17.0 Å². The van der Waals surface area contributed by atoms with Gasteiger partial charge in [0.1, 0.15) is 16.4 Å². The zero-order valence-electron chi connectivity index (χ0n) is 11.5. The van der Waals surface area contributed by atoms with Gasteiger partial charge in [-0.2, -0.15) is 0 Å². The first-order chi connectivity index (χ1) is 9.25. The van der Waals surface area contributed by atoms with Gasteiger partial charge in [0.05, 0.1) is 0 Å². The van der Waals surface area contributed by atoms with Crippen molar-refractivity contribution in [1.29, 1.82) is 0 Å². The van der Waals surface area contributed by atoms with Crippen LogP contribution in [0.1, 0.15) is 12.8 Å². The van der Waals surface area contributed by atoms with E-state index in [1.165, 1.54) is 0 Å². The van der Waals surface area contributed by atoms with Crippen molar-refractivity contribution in [3.05, 3.63) is 23.8 Å². The first-order valence-corrected chi connectivity index (χ1v) is 7.62. The van der Waals surface area contributed by atoms with E-state index in [-0.39, 0.29) is 6.54 Å². The molecule has 8 heteroatoms. The normalized spacial score (nSPS) is 12.1. The van der Waals surface area contributed by atoms with Crippen LogP contribution >= 0.6 is 0 Å². The second kappa shape index (κ2) is 6.96. The molecule has 1 rings (SSSR count). The van der Waals surface area contributed by atoms with Crippen molar-refractivity contribution in [2.24, 2.45) is 0 Å². The van der Waals surface area contributed by atoms with Gasteiger partial charge >= 0.3 is 0 Å². The largest absolute Gasteiger partial charge is 0.394 e. The van der Waals surface area contributed by atoms with Gasteiger partial charge in [-0.25, -0.2) is 21.9 Å². The Morgan fingerprint density at radius 1 is 1.25 bits per heavy atom. The first kappa shape index (κ1) is 16.8. The van der Waals surface area contributed by atoms with Crippen LogP contribution in [-0.2, 0) is 10.0 Å². The maximum atomic E-state index is 13.6. The number of nitrogens with one attached hydrogen (secondary N) is 1. The van der Waals surface area contributed by atoms with Crippen molar-refractivity contribution in [2.75, 3.05) is 32.9 Å². The number of halogens is 2. The summed E-state index contributed by atoms with van der Waals surface area (Å²) in [6.45, 7) is 1.02. The highest BCUT2D eigenvalue weighted by atomic mass is 32.2. The molecule has 1 aromatic carbocycles. The van der Waals surface area contributed by atoms with Crippen LogP contribution in [0.2, 0.25) is 0 Å². The summed E-state index contributed by atoms with van der Waals surface area (Å²) in [6, 6.07) is 1.70. The van der Waals surface area contributed by atoms with E-state index in [1.54, 1.807) is 0 Å². The zero-order chi connectivity index (χ0) is 15.3. The third kappa shape index (κ3) is 4.39. The highest BCUT2D eigenvalue weighted by molar-refractivity contribution is 7.89. The molecule has 0 atom stereocenters. The molecule has 0 radical (unpaired) electrons. The molecule has 0 aromatic heterocycles. The third-order valence-corrected chi connectivity index (χ3v) is 4.18. The van der Waals surface area contributed by atoms with Gasteiger partial charge in [-0.15, -0.1) is 0 Å². The molecule has 0 fully saturated rings. The summed E-state index contributed by atoms with van der Waals surface area (Å²) in [4.78, 5) is 1.35. The third-order valence-electron chi connectivity index (χ3n) is 2.70. The summed E-state index contributed by atoms with van der Waals surface area (Å²) < 4.78 is 52.7. The molecular formula is C12H19F2N3O2S. The molecule has 0 saturated carbocycles. The molecule has 20 heavy (non-hydrogen) atoms. The van der Waals surface area contributed by atoms with Crippen LogP contribution in [0.4, 0.5) is 14.5 Å². The minimum Gasteiger partial charge on any atom is -0.394 e. The van der Waals surface area contributed by atoms with Gasteiger partial charge in [-0.3, -0.25) is 0 Å². The molecule has 1 aromatic rings. The molecule has 0 spiro atoms. The smallest absolute Gasteiger partial charge is 0.243 e. The van der Waals surface area contributed by atoms with Crippen molar-refractivity contribution in [3.63, 3.8) is 0 Å². The lowest BCUT2D eigenvalue weighted by Gasteiger charge is -2.11. The van der Waals surface area contributed by atoms with Crippen molar-refractivity contribution >= 4 is 15.7 Å². The Balaban J connectivity index is 2.68. The number of rotatable bonds is 7. The molecule has 0 aliphatic rings. The lowest BCUT2D eigenvalue weighted by molar-refractivity contribution is 0.394. The lowest BCUT2D eigenvalue weighted by Crippen LogP contribution is -2.26. The molecule has 3 N–H and O–H groups in total. The maximum absolute atomic E-state index is 13.6. The van der Waals surface area contributed by atoms with E-state index in [9.17, 15) is 17.2 Å². The second-order valence-corrected chi connectivity index (χ2v) is 6.42.